The van der Waals surface area contributed by atoms with Gasteiger partial charge >= 0.3 is 0 Å². The fraction of sp³-hybridized carbons (Fsp3) is 0.182. The van der Waals surface area contributed by atoms with Gasteiger partial charge in [0.1, 0.15) is 5.75 Å². The third kappa shape index (κ3) is 1.55. The highest BCUT2D eigenvalue weighted by atomic mass is 79.9. The lowest BCUT2D eigenvalue weighted by Gasteiger charge is -2.07. The van der Waals surface area contributed by atoms with Crippen molar-refractivity contribution >= 4 is 38.0 Å². The van der Waals surface area contributed by atoms with E-state index in [2.05, 4.69) is 20.9 Å². The summed E-state index contributed by atoms with van der Waals surface area (Å²) in [6.45, 7) is 0.553. The van der Waals surface area contributed by atoms with E-state index in [1.807, 2.05) is 18.2 Å². The maximum atomic E-state index is 11.7. The van der Waals surface area contributed by atoms with Crippen LogP contribution in [0.1, 0.15) is 12.0 Å². The Kier molecular flexibility index (Phi) is 2.44. The fourth-order valence-electron chi connectivity index (χ4n) is 1.84. The summed E-state index contributed by atoms with van der Waals surface area (Å²) in [5.41, 5.74) is 3.25. The smallest absolute Gasteiger partial charge is 0.129 e. The van der Waals surface area contributed by atoms with E-state index in [0.29, 0.717) is 13.0 Å². The molecule has 82 valence electrons. The lowest BCUT2D eigenvalue weighted by molar-refractivity contribution is 0.325. The van der Waals surface area contributed by atoms with Crippen LogP contribution in [0.3, 0.4) is 0 Å². The number of fused-ring (bicyclic) bond motifs is 2. The van der Waals surface area contributed by atoms with E-state index in [4.69, 9.17) is 4.74 Å². The molecule has 1 atom stereocenters. The molecule has 0 N–H and O–H groups in total. The average molecular weight is 298 g/mol. The Morgan fingerprint density at radius 3 is 3.19 bits per heavy atom. The van der Waals surface area contributed by atoms with Gasteiger partial charge in [-0.15, -0.1) is 0 Å². The molecule has 1 unspecified atom stereocenters. The average Bonchev–Trinajstić information content (AvgIpc) is 2.54. The molecule has 0 spiro atoms. The number of benzene rings is 1. The van der Waals surface area contributed by atoms with E-state index >= 15 is 0 Å². The lowest BCUT2D eigenvalue weighted by Crippen LogP contribution is -1.99. The molecule has 5 heteroatoms. The topological polar surface area (TPSA) is 38.7 Å². The number of ether oxygens (including phenoxy) is 1. The first kappa shape index (κ1) is 10.2. The van der Waals surface area contributed by atoms with E-state index < -0.39 is 10.8 Å². The van der Waals surface area contributed by atoms with Gasteiger partial charge in [0.15, 0.2) is 0 Å². The molecule has 0 radical (unpaired) electrons. The van der Waals surface area contributed by atoms with E-state index in [1.54, 1.807) is 0 Å². The minimum Gasteiger partial charge on any atom is -0.492 e. The fourth-order valence-corrected chi connectivity index (χ4v) is 3.14. The summed E-state index contributed by atoms with van der Waals surface area (Å²) < 4.78 is 18.3. The SMILES string of the molecule is O=S1C=NC2=C1CCOc1cc(Br)ccc12. The first-order valence-electron chi connectivity index (χ1n) is 4.86. The molecule has 0 fully saturated rings. The van der Waals surface area contributed by atoms with Gasteiger partial charge in [0.05, 0.1) is 33.6 Å². The Bertz CT molecular complexity index is 551. The second-order valence-corrected chi connectivity index (χ2v) is 5.76. The monoisotopic (exact) mass is 297 g/mol. The van der Waals surface area contributed by atoms with Crippen LogP contribution >= 0.6 is 15.9 Å². The third-order valence-electron chi connectivity index (χ3n) is 2.57. The maximum absolute atomic E-state index is 11.7. The molecule has 1 aromatic rings. The summed E-state index contributed by atoms with van der Waals surface area (Å²) in [6.07, 6.45) is 0.675. The zero-order valence-corrected chi connectivity index (χ0v) is 10.7. The summed E-state index contributed by atoms with van der Waals surface area (Å²) in [4.78, 5) is 5.10. The molecule has 2 aliphatic rings. The molecule has 2 heterocycles. The molecule has 3 nitrogen and oxygen atoms in total. The molecular formula is C11H8BrNO2S. The number of hydrogen-bond donors (Lipinski definition) is 0. The molecule has 0 saturated heterocycles. The Morgan fingerprint density at radius 2 is 2.31 bits per heavy atom. The molecule has 16 heavy (non-hydrogen) atoms. The number of halogens is 1. The predicted molar refractivity (Wildman–Crippen MR) is 67.8 cm³/mol. The summed E-state index contributed by atoms with van der Waals surface area (Å²) in [5.74, 6) is 0.801. The number of rotatable bonds is 0. The van der Waals surface area contributed by atoms with Gasteiger partial charge in [0.25, 0.3) is 0 Å². The second kappa shape index (κ2) is 3.82. The Labute approximate surface area is 104 Å². The molecule has 0 amide bonds. The molecule has 1 aromatic carbocycles. The van der Waals surface area contributed by atoms with Gasteiger partial charge < -0.3 is 4.74 Å². The van der Waals surface area contributed by atoms with Gasteiger partial charge in [-0.1, -0.05) is 15.9 Å². The predicted octanol–water partition coefficient (Wildman–Crippen LogP) is 2.69. The van der Waals surface area contributed by atoms with Gasteiger partial charge in [0, 0.05) is 16.5 Å². The third-order valence-corrected chi connectivity index (χ3v) is 4.24. The van der Waals surface area contributed by atoms with Crippen LogP contribution in [0.25, 0.3) is 5.70 Å². The van der Waals surface area contributed by atoms with Crippen molar-refractivity contribution in [3.8, 4) is 5.75 Å². The van der Waals surface area contributed by atoms with Crippen LogP contribution in [0.15, 0.2) is 32.6 Å². The zero-order chi connectivity index (χ0) is 11.1. The highest BCUT2D eigenvalue weighted by Crippen LogP contribution is 2.38. The van der Waals surface area contributed by atoms with E-state index in [9.17, 15) is 4.21 Å². The Hall–Kier alpha value is -0.940. The van der Waals surface area contributed by atoms with Crippen molar-refractivity contribution in [2.75, 3.05) is 6.61 Å². The van der Waals surface area contributed by atoms with Crippen molar-refractivity contribution in [3.05, 3.63) is 33.1 Å². The zero-order valence-electron chi connectivity index (χ0n) is 8.27. The highest BCUT2D eigenvalue weighted by molar-refractivity contribution is 9.10. The van der Waals surface area contributed by atoms with Gasteiger partial charge in [-0.3, -0.25) is 0 Å². The quantitative estimate of drug-likeness (QED) is 0.738. The van der Waals surface area contributed by atoms with Crippen LogP contribution in [0.2, 0.25) is 0 Å². The first-order valence-corrected chi connectivity index (χ1v) is 6.87. The van der Waals surface area contributed by atoms with Crippen LogP contribution < -0.4 is 4.74 Å². The van der Waals surface area contributed by atoms with E-state index in [-0.39, 0.29) is 0 Å². The van der Waals surface area contributed by atoms with E-state index in [1.165, 1.54) is 5.55 Å². The molecule has 0 aliphatic carbocycles. The summed E-state index contributed by atoms with van der Waals surface area (Å²) in [5, 5.41) is 0. The maximum Gasteiger partial charge on any atom is 0.129 e. The van der Waals surface area contributed by atoms with Crippen LogP contribution in [0, 0.1) is 0 Å². The molecule has 3 rings (SSSR count). The van der Waals surface area contributed by atoms with Crippen molar-refractivity contribution in [2.24, 2.45) is 4.99 Å². The van der Waals surface area contributed by atoms with Crippen LogP contribution in [0.4, 0.5) is 0 Å². The molecule has 0 saturated carbocycles. The van der Waals surface area contributed by atoms with Crippen molar-refractivity contribution in [3.63, 3.8) is 0 Å². The van der Waals surface area contributed by atoms with Crippen molar-refractivity contribution < 1.29 is 8.95 Å². The van der Waals surface area contributed by atoms with Gasteiger partial charge in [-0.2, -0.15) is 0 Å². The number of nitrogens with zero attached hydrogens (tertiary/aromatic N) is 1. The lowest BCUT2D eigenvalue weighted by atomic mass is 10.1. The van der Waals surface area contributed by atoms with Crippen LogP contribution in [-0.2, 0) is 10.8 Å². The first-order chi connectivity index (χ1) is 7.75. The summed E-state index contributed by atoms with van der Waals surface area (Å²) in [6, 6.07) is 5.80. The number of hydrogen-bond acceptors (Lipinski definition) is 3. The van der Waals surface area contributed by atoms with Crippen LogP contribution in [-0.4, -0.2) is 16.4 Å². The minimum atomic E-state index is -1.07. The Morgan fingerprint density at radius 1 is 1.44 bits per heavy atom. The van der Waals surface area contributed by atoms with Gasteiger partial charge in [-0.25, -0.2) is 9.20 Å². The standard InChI is InChI=1S/C11H8BrNO2S/c12-7-1-2-8-9(5-7)15-4-3-10-11(8)13-6-16(10)14/h1-2,5-6H,3-4H2. The molecule has 0 aromatic heterocycles. The normalized spacial score (nSPS) is 22.4. The summed E-state index contributed by atoms with van der Waals surface area (Å²) in [7, 11) is -1.07. The largest absolute Gasteiger partial charge is 0.492 e. The van der Waals surface area contributed by atoms with Crippen molar-refractivity contribution in [1.82, 2.24) is 0 Å². The van der Waals surface area contributed by atoms with Gasteiger partial charge in [0.2, 0.25) is 0 Å². The van der Waals surface area contributed by atoms with Gasteiger partial charge in [-0.05, 0) is 18.2 Å². The Balaban J connectivity index is 2.22. The van der Waals surface area contributed by atoms with Crippen molar-refractivity contribution in [2.45, 2.75) is 6.42 Å². The van der Waals surface area contributed by atoms with Crippen molar-refractivity contribution in [1.29, 1.82) is 0 Å². The van der Waals surface area contributed by atoms with Crippen LogP contribution in [0.5, 0.6) is 5.75 Å². The molecular weight excluding hydrogens is 290 g/mol. The number of aliphatic imine (C=N–C) groups is 1. The second-order valence-electron chi connectivity index (χ2n) is 3.54. The highest BCUT2D eigenvalue weighted by Gasteiger charge is 2.24. The molecule has 0 bridgehead atoms. The summed E-state index contributed by atoms with van der Waals surface area (Å²) >= 11 is 3.41. The van der Waals surface area contributed by atoms with E-state index in [0.717, 1.165) is 26.4 Å². The minimum absolute atomic E-state index is 0.553. The molecule has 2 aliphatic heterocycles.